The zero-order valence-electron chi connectivity index (χ0n) is 10.6. The van der Waals surface area contributed by atoms with Gasteiger partial charge in [-0.1, -0.05) is 39.8 Å². The first kappa shape index (κ1) is 13.0. The maximum Gasteiger partial charge on any atom is 0.143 e. The summed E-state index contributed by atoms with van der Waals surface area (Å²) in [6.07, 6.45) is -0.738. The van der Waals surface area contributed by atoms with Crippen molar-refractivity contribution >= 4 is 15.9 Å². The molecular weight excluding hydrogens is 283 g/mol. The predicted octanol–water partition coefficient (Wildman–Crippen LogP) is 4.30. The standard InChI is InChI=1S/C14H18BrFO/c1-13(2)12(14(13,3)4)11(17)8-6-5-7-9(15)10(8)16/h5-7,11-12,17H,1-4H3. The Morgan fingerprint density at radius 2 is 1.76 bits per heavy atom. The summed E-state index contributed by atoms with van der Waals surface area (Å²) >= 11 is 3.15. The maximum absolute atomic E-state index is 13.9. The van der Waals surface area contributed by atoms with E-state index in [0.717, 1.165) is 0 Å². The lowest BCUT2D eigenvalue weighted by molar-refractivity contribution is 0.126. The third kappa shape index (κ3) is 1.75. The third-order valence-corrected chi connectivity index (χ3v) is 5.36. The first-order valence-electron chi connectivity index (χ1n) is 5.83. The Bertz CT molecular complexity index is 440. The molecule has 1 aliphatic rings. The van der Waals surface area contributed by atoms with Gasteiger partial charge in [-0.05, 0) is 32.8 Å². The molecule has 1 nitrogen and oxygen atoms in total. The third-order valence-electron chi connectivity index (χ3n) is 4.75. The molecule has 1 unspecified atom stereocenters. The molecule has 1 atom stereocenters. The number of benzene rings is 1. The van der Waals surface area contributed by atoms with E-state index in [1.165, 1.54) is 0 Å². The van der Waals surface area contributed by atoms with E-state index in [9.17, 15) is 9.50 Å². The van der Waals surface area contributed by atoms with Crippen LogP contribution in [0, 0.1) is 22.6 Å². The molecule has 0 saturated heterocycles. The van der Waals surface area contributed by atoms with Crippen LogP contribution in [0.3, 0.4) is 0 Å². The van der Waals surface area contributed by atoms with Crippen molar-refractivity contribution in [2.75, 3.05) is 0 Å². The molecule has 1 aromatic rings. The highest BCUT2D eigenvalue weighted by Crippen LogP contribution is 2.72. The molecule has 17 heavy (non-hydrogen) atoms. The molecule has 0 bridgehead atoms. The fourth-order valence-corrected chi connectivity index (χ4v) is 3.35. The summed E-state index contributed by atoms with van der Waals surface area (Å²) in [7, 11) is 0. The number of halogens is 2. The Hall–Kier alpha value is -0.410. The predicted molar refractivity (Wildman–Crippen MR) is 70.1 cm³/mol. The van der Waals surface area contributed by atoms with Crippen molar-refractivity contribution in [3.05, 3.63) is 34.1 Å². The van der Waals surface area contributed by atoms with Crippen LogP contribution in [0.1, 0.15) is 39.4 Å². The van der Waals surface area contributed by atoms with Crippen LogP contribution in [0.4, 0.5) is 4.39 Å². The lowest BCUT2D eigenvalue weighted by atomic mass is 9.99. The fraction of sp³-hybridized carbons (Fsp3) is 0.571. The SMILES string of the molecule is CC1(C)C(C(O)c2cccc(Br)c2F)C1(C)C. The van der Waals surface area contributed by atoms with Crippen molar-refractivity contribution in [2.45, 2.75) is 33.8 Å². The monoisotopic (exact) mass is 300 g/mol. The summed E-state index contributed by atoms with van der Waals surface area (Å²) in [5, 5.41) is 10.4. The van der Waals surface area contributed by atoms with E-state index < -0.39 is 6.10 Å². The van der Waals surface area contributed by atoms with Gasteiger partial charge in [0.25, 0.3) is 0 Å². The number of hydrogen-bond acceptors (Lipinski definition) is 1. The normalized spacial score (nSPS) is 23.5. The van der Waals surface area contributed by atoms with Crippen LogP contribution < -0.4 is 0 Å². The minimum absolute atomic E-state index is 0.0428. The Morgan fingerprint density at radius 3 is 2.24 bits per heavy atom. The van der Waals surface area contributed by atoms with E-state index in [1.54, 1.807) is 18.2 Å². The van der Waals surface area contributed by atoms with Crippen LogP contribution in [0.2, 0.25) is 0 Å². The van der Waals surface area contributed by atoms with Gasteiger partial charge in [0.2, 0.25) is 0 Å². The molecule has 0 aliphatic heterocycles. The molecule has 1 N–H and O–H groups in total. The van der Waals surface area contributed by atoms with Gasteiger partial charge in [-0.15, -0.1) is 0 Å². The van der Waals surface area contributed by atoms with E-state index in [1.807, 2.05) is 0 Å². The van der Waals surface area contributed by atoms with Gasteiger partial charge in [0.1, 0.15) is 5.82 Å². The zero-order chi connectivity index (χ0) is 13.0. The minimum atomic E-state index is -0.738. The highest BCUT2D eigenvalue weighted by molar-refractivity contribution is 9.10. The molecule has 0 amide bonds. The van der Waals surface area contributed by atoms with Gasteiger partial charge < -0.3 is 5.11 Å². The molecular formula is C14H18BrFO. The van der Waals surface area contributed by atoms with Gasteiger partial charge in [0.05, 0.1) is 10.6 Å². The van der Waals surface area contributed by atoms with Crippen molar-refractivity contribution in [3.63, 3.8) is 0 Å². The van der Waals surface area contributed by atoms with Crippen LogP contribution in [-0.2, 0) is 0 Å². The summed E-state index contributed by atoms with van der Waals surface area (Å²) in [5.74, 6) is -0.253. The first-order chi connectivity index (χ1) is 7.71. The molecule has 1 saturated carbocycles. The zero-order valence-corrected chi connectivity index (χ0v) is 12.2. The van der Waals surface area contributed by atoms with E-state index in [4.69, 9.17) is 0 Å². The summed E-state index contributed by atoms with van der Waals surface area (Å²) < 4.78 is 14.3. The molecule has 94 valence electrons. The van der Waals surface area contributed by atoms with Crippen LogP contribution in [-0.4, -0.2) is 5.11 Å². The second-order valence-corrected chi connectivity index (χ2v) is 6.86. The summed E-state index contributed by atoms with van der Waals surface area (Å²) in [6.45, 7) is 8.49. The Balaban J connectivity index is 2.34. The summed E-state index contributed by atoms with van der Waals surface area (Å²) in [6, 6.07) is 5.07. The smallest absolute Gasteiger partial charge is 0.143 e. The molecule has 3 heteroatoms. The van der Waals surface area contributed by atoms with Gasteiger partial charge in [-0.2, -0.15) is 0 Å². The van der Waals surface area contributed by atoms with Crippen molar-refractivity contribution < 1.29 is 9.50 Å². The van der Waals surface area contributed by atoms with E-state index in [0.29, 0.717) is 10.0 Å². The van der Waals surface area contributed by atoms with Gasteiger partial charge in [0.15, 0.2) is 0 Å². The lowest BCUT2D eigenvalue weighted by Crippen LogP contribution is -2.08. The molecule has 0 spiro atoms. The minimum Gasteiger partial charge on any atom is -0.388 e. The molecule has 0 heterocycles. The van der Waals surface area contributed by atoms with Crippen molar-refractivity contribution in [2.24, 2.45) is 16.7 Å². The van der Waals surface area contributed by atoms with Gasteiger partial charge in [-0.3, -0.25) is 0 Å². The van der Waals surface area contributed by atoms with Crippen LogP contribution in [0.5, 0.6) is 0 Å². The topological polar surface area (TPSA) is 20.2 Å². The van der Waals surface area contributed by atoms with Crippen molar-refractivity contribution in [1.82, 2.24) is 0 Å². The lowest BCUT2D eigenvalue weighted by Gasteiger charge is -2.14. The van der Waals surface area contributed by atoms with Crippen LogP contribution >= 0.6 is 15.9 Å². The second kappa shape index (κ2) is 3.79. The van der Waals surface area contributed by atoms with Crippen LogP contribution in [0.25, 0.3) is 0 Å². The maximum atomic E-state index is 13.9. The number of rotatable bonds is 2. The molecule has 1 fully saturated rings. The van der Waals surface area contributed by atoms with Crippen molar-refractivity contribution in [3.8, 4) is 0 Å². The van der Waals surface area contributed by atoms with Gasteiger partial charge in [0, 0.05) is 11.5 Å². The summed E-state index contributed by atoms with van der Waals surface area (Å²) in [4.78, 5) is 0. The number of aliphatic hydroxyl groups is 1. The average Bonchev–Trinajstić information content (AvgIpc) is 2.61. The quantitative estimate of drug-likeness (QED) is 0.863. The van der Waals surface area contributed by atoms with Crippen molar-refractivity contribution in [1.29, 1.82) is 0 Å². The van der Waals surface area contributed by atoms with E-state index >= 15 is 0 Å². The number of aliphatic hydroxyl groups excluding tert-OH is 1. The molecule has 0 radical (unpaired) electrons. The molecule has 1 aromatic carbocycles. The summed E-state index contributed by atoms with van der Waals surface area (Å²) in [5.41, 5.74) is 0.477. The first-order valence-corrected chi connectivity index (χ1v) is 6.62. The van der Waals surface area contributed by atoms with E-state index in [2.05, 4.69) is 43.6 Å². The Kier molecular flexibility index (Phi) is 2.91. The van der Waals surface area contributed by atoms with Gasteiger partial charge >= 0.3 is 0 Å². The van der Waals surface area contributed by atoms with Gasteiger partial charge in [-0.25, -0.2) is 4.39 Å². The second-order valence-electron chi connectivity index (χ2n) is 6.01. The molecule has 2 rings (SSSR count). The van der Waals surface area contributed by atoms with Crippen LogP contribution in [0.15, 0.2) is 22.7 Å². The Morgan fingerprint density at radius 1 is 1.24 bits per heavy atom. The fourth-order valence-electron chi connectivity index (χ4n) is 2.97. The Labute approximate surface area is 110 Å². The highest BCUT2D eigenvalue weighted by Gasteiger charge is 2.67. The molecule has 1 aliphatic carbocycles. The average molecular weight is 301 g/mol. The largest absolute Gasteiger partial charge is 0.388 e. The highest BCUT2D eigenvalue weighted by atomic mass is 79.9. The van der Waals surface area contributed by atoms with E-state index in [-0.39, 0.29) is 22.6 Å². The number of hydrogen-bond donors (Lipinski definition) is 1. The molecule has 0 aromatic heterocycles.